The Labute approximate surface area is 224 Å². The summed E-state index contributed by atoms with van der Waals surface area (Å²) in [4.78, 5) is 35.3. The molecule has 1 spiro atoms. The van der Waals surface area contributed by atoms with Gasteiger partial charge in [0.25, 0.3) is 5.91 Å². The molecular weight excluding hydrogens is 498 g/mol. The Morgan fingerprint density at radius 1 is 1.00 bits per heavy atom. The highest BCUT2D eigenvalue weighted by Crippen LogP contribution is 2.61. The van der Waals surface area contributed by atoms with Crippen molar-refractivity contribution in [1.82, 2.24) is 4.98 Å². The number of carbonyl (C=O) groups excluding carboxylic acids is 2. The Kier molecular flexibility index (Phi) is 4.77. The number of anilines is 2. The Morgan fingerprint density at radius 3 is 2.57 bits per heavy atom. The van der Waals surface area contributed by atoms with Gasteiger partial charge in [-0.15, -0.1) is 23.1 Å². The summed E-state index contributed by atoms with van der Waals surface area (Å²) < 4.78 is 1.16. The first kappa shape index (κ1) is 23.0. The molecule has 37 heavy (non-hydrogen) atoms. The lowest BCUT2D eigenvalue weighted by molar-refractivity contribution is -0.124. The van der Waals surface area contributed by atoms with Crippen LogP contribution in [0.25, 0.3) is 20.8 Å². The number of aromatic nitrogens is 1. The largest absolute Gasteiger partial charge is 0.303 e. The smallest absolute Gasteiger partial charge is 0.269 e. The van der Waals surface area contributed by atoms with Crippen molar-refractivity contribution in [1.29, 1.82) is 0 Å². The van der Waals surface area contributed by atoms with Crippen LogP contribution in [0.5, 0.6) is 0 Å². The lowest BCUT2D eigenvalue weighted by Gasteiger charge is -2.44. The van der Waals surface area contributed by atoms with Crippen LogP contribution in [0.4, 0.5) is 11.4 Å². The first-order valence-electron chi connectivity index (χ1n) is 12.6. The maximum absolute atomic E-state index is 14.4. The molecule has 5 nitrogen and oxygen atoms in total. The van der Waals surface area contributed by atoms with Gasteiger partial charge in [0.15, 0.2) is 0 Å². The first-order valence-corrected chi connectivity index (χ1v) is 14.4. The molecule has 0 radical (unpaired) electrons. The molecular formula is C30H27N3O2S2. The zero-order valence-corrected chi connectivity index (χ0v) is 22.9. The average molecular weight is 526 g/mol. The maximum Gasteiger partial charge on any atom is 0.269 e. The van der Waals surface area contributed by atoms with Crippen molar-refractivity contribution >= 4 is 56.5 Å². The van der Waals surface area contributed by atoms with Gasteiger partial charge in [-0.1, -0.05) is 31.2 Å². The quantitative estimate of drug-likeness (QED) is 0.288. The Balaban J connectivity index is 1.34. The van der Waals surface area contributed by atoms with Gasteiger partial charge in [0.05, 0.1) is 21.7 Å². The minimum atomic E-state index is -1.07. The summed E-state index contributed by atoms with van der Waals surface area (Å²) in [6.07, 6.45) is 0.889. The van der Waals surface area contributed by atoms with Gasteiger partial charge in [-0.2, -0.15) is 0 Å². The molecule has 3 aliphatic heterocycles. The van der Waals surface area contributed by atoms with Crippen molar-refractivity contribution in [3.63, 3.8) is 0 Å². The number of rotatable bonds is 2. The number of hydrogen-bond donors (Lipinski definition) is 0. The fourth-order valence-electron chi connectivity index (χ4n) is 6.44. The van der Waals surface area contributed by atoms with E-state index in [4.69, 9.17) is 4.98 Å². The van der Waals surface area contributed by atoms with Crippen molar-refractivity contribution < 1.29 is 9.59 Å². The summed E-state index contributed by atoms with van der Waals surface area (Å²) in [6.45, 7) is 8.60. The van der Waals surface area contributed by atoms with Gasteiger partial charge in [0, 0.05) is 22.4 Å². The molecule has 0 aliphatic carbocycles. The number of aryl methyl sites for hydroxylation is 1. The molecule has 4 heterocycles. The third-order valence-corrected chi connectivity index (χ3v) is 10.4. The van der Waals surface area contributed by atoms with E-state index in [1.165, 1.54) is 22.9 Å². The molecule has 2 atom stereocenters. The Morgan fingerprint density at radius 2 is 1.78 bits per heavy atom. The number of fused-ring (bicyclic) bond motifs is 2. The van der Waals surface area contributed by atoms with Crippen molar-refractivity contribution in [2.45, 2.75) is 50.4 Å². The highest BCUT2D eigenvalue weighted by molar-refractivity contribution is 8.02. The lowest BCUT2D eigenvalue weighted by Crippen LogP contribution is -2.56. The Hall–Kier alpha value is -3.16. The summed E-state index contributed by atoms with van der Waals surface area (Å²) in [5, 5.41) is 0.948. The van der Waals surface area contributed by atoms with E-state index in [-0.39, 0.29) is 23.1 Å². The molecule has 7 rings (SSSR count). The molecule has 0 saturated carbocycles. The number of hydrogen-bond acceptors (Lipinski definition) is 5. The molecule has 1 saturated heterocycles. The average Bonchev–Trinajstić information content (AvgIpc) is 3.51. The van der Waals surface area contributed by atoms with Crippen LogP contribution in [0.2, 0.25) is 0 Å². The minimum Gasteiger partial charge on any atom is -0.303 e. The fourth-order valence-corrected chi connectivity index (χ4v) is 8.84. The van der Waals surface area contributed by atoms with Gasteiger partial charge >= 0.3 is 0 Å². The van der Waals surface area contributed by atoms with Gasteiger partial charge in [0.1, 0.15) is 5.01 Å². The van der Waals surface area contributed by atoms with Crippen LogP contribution in [-0.4, -0.2) is 28.1 Å². The second kappa shape index (κ2) is 7.68. The summed E-state index contributed by atoms with van der Waals surface area (Å²) in [5.41, 5.74) is 6.78. The van der Waals surface area contributed by atoms with E-state index in [0.717, 1.165) is 44.1 Å². The number of para-hydroxylation sites is 1. The number of thioether (sulfide) groups is 1. The maximum atomic E-state index is 14.4. The second-order valence-electron chi connectivity index (χ2n) is 11.0. The zero-order chi connectivity index (χ0) is 25.7. The van der Waals surface area contributed by atoms with Gasteiger partial charge in [0.2, 0.25) is 10.8 Å². The van der Waals surface area contributed by atoms with Crippen LogP contribution < -0.4 is 9.80 Å². The van der Waals surface area contributed by atoms with Crippen LogP contribution in [0.15, 0.2) is 60.7 Å². The fraction of sp³-hybridized carbons (Fsp3) is 0.300. The van der Waals surface area contributed by atoms with Crippen LogP contribution in [-0.2, 0) is 14.5 Å². The molecule has 0 unspecified atom stereocenters. The molecule has 1 fully saturated rings. The number of thiazole rings is 1. The van der Waals surface area contributed by atoms with Crippen LogP contribution in [0.3, 0.4) is 0 Å². The van der Waals surface area contributed by atoms with Crippen LogP contribution >= 0.6 is 23.1 Å². The minimum absolute atomic E-state index is 0.00619. The lowest BCUT2D eigenvalue weighted by atomic mass is 9.80. The van der Waals surface area contributed by atoms with E-state index < -0.39 is 4.87 Å². The van der Waals surface area contributed by atoms with E-state index in [9.17, 15) is 9.59 Å². The van der Waals surface area contributed by atoms with E-state index in [1.54, 1.807) is 16.2 Å². The molecule has 186 valence electrons. The first-order chi connectivity index (χ1) is 17.7. The van der Waals surface area contributed by atoms with E-state index in [2.05, 4.69) is 52.0 Å². The molecule has 3 aliphatic rings. The Bertz CT molecular complexity index is 1620. The standard InChI is InChI=1S/C30H27N3O2S2/c1-17-8-13-23-24(14-17)37-27(31-23)19-9-11-20(12-10-19)32-25(34)16-36-30(32)22-7-5-6-21-18(2)15-29(3,4)33(26(21)22)28(30)35/h5-14,18H,15-16H2,1-4H3/t18-,30+/m0/s1. The third kappa shape index (κ3) is 3.07. The summed E-state index contributed by atoms with van der Waals surface area (Å²) in [5.74, 6) is 0.577. The van der Waals surface area contributed by atoms with Crippen molar-refractivity contribution in [3.8, 4) is 10.6 Å². The SMILES string of the molecule is Cc1ccc2nc(-c3ccc(N4C(=O)CS[C@]45C(=O)N4c6c(cccc65)[C@@H](C)CC4(C)C)cc3)sc2c1. The van der Waals surface area contributed by atoms with E-state index in [0.29, 0.717) is 5.92 Å². The van der Waals surface area contributed by atoms with E-state index >= 15 is 0 Å². The molecule has 1 aromatic heterocycles. The van der Waals surface area contributed by atoms with Crippen molar-refractivity contribution in [3.05, 3.63) is 77.4 Å². The number of nitrogens with zero attached hydrogens (tertiary/aromatic N) is 3. The molecule has 3 aromatic carbocycles. The summed E-state index contributed by atoms with van der Waals surface area (Å²) >= 11 is 3.12. The molecule has 0 bridgehead atoms. The van der Waals surface area contributed by atoms with Gasteiger partial charge < -0.3 is 4.90 Å². The predicted octanol–water partition coefficient (Wildman–Crippen LogP) is 6.84. The molecule has 0 N–H and O–H groups in total. The van der Waals surface area contributed by atoms with E-state index in [1.807, 2.05) is 41.3 Å². The number of amides is 2. The highest BCUT2D eigenvalue weighted by atomic mass is 32.2. The van der Waals surface area contributed by atoms with Crippen molar-refractivity contribution in [2.24, 2.45) is 0 Å². The molecule has 2 amide bonds. The summed E-state index contributed by atoms with van der Waals surface area (Å²) in [6, 6.07) is 20.5. The van der Waals surface area contributed by atoms with Crippen LogP contribution in [0, 0.1) is 6.92 Å². The molecule has 7 heteroatoms. The number of benzene rings is 3. The predicted molar refractivity (Wildman–Crippen MR) is 152 cm³/mol. The monoisotopic (exact) mass is 525 g/mol. The topological polar surface area (TPSA) is 53.5 Å². The molecule has 4 aromatic rings. The van der Waals surface area contributed by atoms with Gasteiger partial charge in [-0.3, -0.25) is 14.5 Å². The second-order valence-corrected chi connectivity index (χ2v) is 13.2. The van der Waals surface area contributed by atoms with Crippen LogP contribution in [0.1, 0.15) is 49.8 Å². The van der Waals surface area contributed by atoms with Gasteiger partial charge in [-0.05, 0) is 80.6 Å². The number of carbonyl (C=O) groups is 2. The summed E-state index contributed by atoms with van der Waals surface area (Å²) in [7, 11) is 0. The third-order valence-electron chi connectivity index (χ3n) is 7.98. The highest BCUT2D eigenvalue weighted by Gasteiger charge is 2.64. The normalized spacial score (nSPS) is 23.9. The van der Waals surface area contributed by atoms with Gasteiger partial charge in [-0.25, -0.2) is 4.98 Å². The van der Waals surface area contributed by atoms with Crippen molar-refractivity contribution in [2.75, 3.05) is 15.6 Å². The zero-order valence-electron chi connectivity index (χ0n) is 21.2.